The van der Waals surface area contributed by atoms with Crippen molar-refractivity contribution in [3.63, 3.8) is 0 Å². The lowest BCUT2D eigenvalue weighted by Gasteiger charge is -2.34. The van der Waals surface area contributed by atoms with Crippen LogP contribution in [-0.4, -0.2) is 79.6 Å². The number of fused-ring (bicyclic) bond motifs is 1. The number of carbonyl (C=O) groups is 3. The molecular weight excluding hydrogens is 478 g/mol. The Morgan fingerprint density at radius 1 is 1.06 bits per heavy atom. The fourth-order valence-corrected chi connectivity index (χ4v) is 6.24. The van der Waals surface area contributed by atoms with E-state index in [1.165, 1.54) is 29.5 Å². The molecule has 0 atom stereocenters. The summed E-state index contributed by atoms with van der Waals surface area (Å²) in [4.78, 5) is 41.7. The Balaban J connectivity index is 1.24. The number of sulfonamides is 1. The molecule has 2 aromatic rings. The largest absolute Gasteiger partial charge is 0.454 e. The van der Waals surface area contributed by atoms with Gasteiger partial charge in [0.25, 0.3) is 21.8 Å². The highest BCUT2D eigenvalue weighted by atomic mass is 35.5. The smallest absolute Gasteiger partial charge is 0.327 e. The van der Waals surface area contributed by atoms with Gasteiger partial charge in [-0.05, 0) is 24.3 Å². The number of carbonyl (C=O) groups excluding carboxylic acids is 3. The van der Waals surface area contributed by atoms with Crippen LogP contribution < -0.4 is 0 Å². The minimum Gasteiger partial charge on any atom is -0.454 e. The lowest BCUT2D eigenvalue weighted by Crippen LogP contribution is -2.49. The van der Waals surface area contributed by atoms with Crippen LogP contribution in [0.15, 0.2) is 41.3 Å². The maximum Gasteiger partial charge on any atom is 0.327 e. The van der Waals surface area contributed by atoms with Crippen molar-refractivity contribution in [1.29, 1.82) is 0 Å². The molecule has 3 heterocycles. The number of esters is 1. The third kappa shape index (κ3) is 4.65. The molecule has 0 aliphatic carbocycles. The molecule has 9 nitrogen and oxygen atoms in total. The molecule has 1 aromatic carbocycles. The predicted molar refractivity (Wildman–Crippen MR) is 117 cm³/mol. The van der Waals surface area contributed by atoms with Crippen LogP contribution in [0.3, 0.4) is 0 Å². The lowest BCUT2D eigenvalue weighted by molar-refractivity contribution is -0.152. The van der Waals surface area contributed by atoms with E-state index in [2.05, 4.69) is 4.90 Å². The second kappa shape index (κ2) is 9.18. The summed E-state index contributed by atoms with van der Waals surface area (Å²) in [5.74, 6) is -2.11. The van der Waals surface area contributed by atoms with Crippen LogP contribution in [0.25, 0.3) is 0 Å². The van der Waals surface area contributed by atoms with Crippen LogP contribution in [0.5, 0.6) is 0 Å². The quantitative estimate of drug-likeness (QED) is 0.556. The molecule has 2 aliphatic rings. The molecule has 0 saturated carbocycles. The van der Waals surface area contributed by atoms with Gasteiger partial charge in [0.1, 0.15) is 11.4 Å². The third-order valence-corrected chi connectivity index (χ3v) is 8.28. The van der Waals surface area contributed by atoms with Gasteiger partial charge in [0.2, 0.25) is 0 Å². The van der Waals surface area contributed by atoms with Crippen LogP contribution in [0.1, 0.15) is 15.2 Å². The van der Waals surface area contributed by atoms with Crippen molar-refractivity contribution in [1.82, 2.24) is 14.1 Å². The number of benzene rings is 1. The van der Waals surface area contributed by atoms with E-state index in [1.54, 1.807) is 11.0 Å². The Morgan fingerprint density at radius 2 is 1.78 bits per heavy atom. The van der Waals surface area contributed by atoms with Crippen LogP contribution in [0.2, 0.25) is 4.34 Å². The first-order chi connectivity index (χ1) is 15.3. The van der Waals surface area contributed by atoms with E-state index in [0.717, 1.165) is 15.8 Å². The number of nitrogens with zero attached hydrogens (tertiary/aromatic N) is 3. The summed E-state index contributed by atoms with van der Waals surface area (Å²) in [6.07, 6.45) is 0. The van der Waals surface area contributed by atoms with Gasteiger partial charge in [-0.25, -0.2) is 12.7 Å². The third-order valence-electron chi connectivity index (χ3n) is 5.27. The SMILES string of the molecule is O=C(CN1C(=O)c2ccccc2S1(=O)=O)OCC(=O)N1CCN(Cc2ccc(Cl)s2)CC1. The molecule has 12 heteroatoms. The summed E-state index contributed by atoms with van der Waals surface area (Å²) in [7, 11) is -4.11. The molecule has 1 saturated heterocycles. The van der Waals surface area contributed by atoms with E-state index in [-0.39, 0.29) is 16.4 Å². The van der Waals surface area contributed by atoms with Gasteiger partial charge in [-0.15, -0.1) is 11.3 Å². The minimum absolute atomic E-state index is 0.0130. The topological polar surface area (TPSA) is 104 Å². The Kier molecular flexibility index (Phi) is 6.52. The van der Waals surface area contributed by atoms with E-state index in [0.29, 0.717) is 30.5 Å². The van der Waals surface area contributed by atoms with Gasteiger partial charge in [-0.2, -0.15) is 0 Å². The van der Waals surface area contributed by atoms with Crippen LogP contribution >= 0.6 is 22.9 Å². The molecule has 1 fully saturated rings. The standard InChI is InChI=1S/C20H20ClN3O6S2/c21-17-6-5-14(31-17)11-22-7-9-23(10-8-22)18(25)13-30-19(26)12-24-20(27)15-3-1-2-4-16(15)32(24,28)29/h1-6H,7-13H2. The van der Waals surface area contributed by atoms with E-state index < -0.39 is 35.1 Å². The van der Waals surface area contributed by atoms with Crippen molar-refractivity contribution in [3.8, 4) is 0 Å². The lowest BCUT2D eigenvalue weighted by atomic mass is 10.2. The molecule has 170 valence electrons. The first-order valence-corrected chi connectivity index (χ1v) is 12.5. The Hall–Kier alpha value is -2.47. The zero-order valence-electron chi connectivity index (χ0n) is 16.9. The second-order valence-electron chi connectivity index (χ2n) is 7.34. The number of halogens is 1. The Morgan fingerprint density at radius 3 is 2.44 bits per heavy atom. The molecule has 0 N–H and O–H groups in total. The number of rotatable bonds is 6. The van der Waals surface area contributed by atoms with E-state index in [9.17, 15) is 22.8 Å². The first-order valence-electron chi connectivity index (χ1n) is 9.82. The maximum atomic E-state index is 12.5. The summed E-state index contributed by atoms with van der Waals surface area (Å²) in [6.45, 7) is 1.80. The molecular formula is C20H20ClN3O6S2. The number of amides is 2. The number of hydrogen-bond acceptors (Lipinski definition) is 8. The zero-order chi connectivity index (χ0) is 22.9. The maximum absolute atomic E-state index is 12.5. The van der Waals surface area contributed by atoms with Gasteiger partial charge in [-0.1, -0.05) is 23.7 Å². The van der Waals surface area contributed by atoms with Crippen LogP contribution in [0.4, 0.5) is 0 Å². The van der Waals surface area contributed by atoms with Gasteiger partial charge in [0.05, 0.1) is 9.90 Å². The van der Waals surface area contributed by atoms with Gasteiger partial charge in [0, 0.05) is 37.6 Å². The van der Waals surface area contributed by atoms with Crippen molar-refractivity contribution in [2.75, 3.05) is 39.3 Å². The Labute approximate surface area is 194 Å². The monoisotopic (exact) mass is 497 g/mol. The molecule has 2 aliphatic heterocycles. The average molecular weight is 498 g/mol. The van der Waals surface area contributed by atoms with Crippen molar-refractivity contribution in [2.45, 2.75) is 11.4 Å². The summed E-state index contributed by atoms with van der Waals surface area (Å²) in [5, 5.41) is 0. The highest BCUT2D eigenvalue weighted by Crippen LogP contribution is 2.29. The van der Waals surface area contributed by atoms with Gasteiger partial charge in [-0.3, -0.25) is 19.3 Å². The van der Waals surface area contributed by atoms with Crippen molar-refractivity contribution in [2.24, 2.45) is 0 Å². The molecule has 4 rings (SSSR count). The van der Waals surface area contributed by atoms with E-state index >= 15 is 0 Å². The van der Waals surface area contributed by atoms with Crippen molar-refractivity contribution >= 4 is 50.7 Å². The summed E-state index contributed by atoms with van der Waals surface area (Å²) >= 11 is 7.48. The molecule has 0 spiro atoms. The normalized spacial score (nSPS) is 18.0. The second-order valence-corrected chi connectivity index (χ2v) is 11.0. The zero-order valence-corrected chi connectivity index (χ0v) is 19.3. The van der Waals surface area contributed by atoms with E-state index in [4.69, 9.17) is 16.3 Å². The predicted octanol–water partition coefficient (Wildman–Crippen LogP) is 1.43. The number of thiophene rings is 1. The molecule has 1 aromatic heterocycles. The average Bonchev–Trinajstić information content (AvgIpc) is 3.27. The van der Waals surface area contributed by atoms with Gasteiger partial charge < -0.3 is 9.64 Å². The minimum atomic E-state index is -4.11. The van der Waals surface area contributed by atoms with Crippen LogP contribution in [0, 0.1) is 0 Å². The summed E-state index contributed by atoms with van der Waals surface area (Å²) in [6, 6.07) is 9.57. The first kappa shape index (κ1) is 22.7. The fraction of sp³-hybridized carbons (Fsp3) is 0.350. The molecule has 0 unspecified atom stereocenters. The highest BCUT2D eigenvalue weighted by Gasteiger charge is 2.42. The Bertz CT molecular complexity index is 1160. The number of hydrogen-bond donors (Lipinski definition) is 0. The van der Waals surface area contributed by atoms with E-state index in [1.807, 2.05) is 12.1 Å². The van der Waals surface area contributed by atoms with Crippen molar-refractivity contribution in [3.05, 3.63) is 51.2 Å². The molecule has 0 bridgehead atoms. The summed E-state index contributed by atoms with van der Waals surface area (Å²) < 4.78 is 31.2. The highest BCUT2D eigenvalue weighted by molar-refractivity contribution is 7.90. The fourth-order valence-electron chi connectivity index (χ4n) is 3.60. The van der Waals surface area contributed by atoms with Crippen molar-refractivity contribution < 1.29 is 27.5 Å². The molecule has 32 heavy (non-hydrogen) atoms. The number of ether oxygens (including phenoxy) is 1. The van der Waals surface area contributed by atoms with Gasteiger partial charge >= 0.3 is 5.97 Å². The van der Waals surface area contributed by atoms with Crippen LogP contribution in [-0.2, 0) is 30.9 Å². The van der Waals surface area contributed by atoms with Gasteiger partial charge in [0.15, 0.2) is 6.61 Å². The summed E-state index contributed by atoms with van der Waals surface area (Å²) in [5.41, 5.74) is 0.0130. The molecule has 0 radical (unpaired) electrons. The number of piperazine rings is 1. The molecule has 2 amide bonds.